The van der Waals surface area contributed by atoms with Gasteiger partial charge in [0.1, 0.15) is 17.5 Å². The van der Waals surface area contributed by atoms with E-state index in [1.807, 2.05) is 30.2 Å². The highest BCUT2D eigenvalue weighted by molar-refractivity contribution is 5.92. The van der Waals surface area contributed by atoms with Gasteiger partial charge in [0.2, 0.25) is 5.91 Å². The first-order valence-corrected chi connectivity index (χ1v) is 15.6. The molecule has 1 saturated heterocycles. The average Bonchev–Trinajstić information content (AvgIpc) is 3.34. The molecule has 43 heavy (non-hydrogen) atoms. The Bertz CT molecular complexity index is 1580. The lowest BCUT2D eigenvalue weighted by Gasteiger charge is -2.65. The highest BCUT2D eigenvalue weighted by Gasteiger charge is 2.75. The minimum Gasteiger partial charge on any atom is -0.487 e. The van der Waals surface area contributed by atoms with Crippen LogP contribution in [-0.4, -0.2) is 65.6 Å². The molecular weight excluding hydrogens is 536 g/mol. The molecule has 1 amide bonds. The number of nitrogens with zero attached hydrogens (tertiary/aromatic N) is 2. The van der Waals surface area contributed by atoms with Gasteiger partial charge in [-0.15, -0.1) is 0 Å². The molecule has 0 unspecified atom stereocenters. The number of benzene rings is 3. The second-order valence-corrected chi connectivity index (χ2v) is 12.8. The van der Waals surface area contributed by atoms with Crippen LogP contribution in [0.2, 0.25) is 0 Å². The maximum Gasteiger partial charge on any atom is 0.303 e. The van der Waals surface area contributed by atoms with Crippen LogP contribution in [0.1, 0.15) is 54.0 Å². The molecule has 0 radical (unpaired) electrons. The molecule has 5 atom stereocenters. The fourth-order valence-corrected chi connectivity index (χ4v) is 8.81. The summed E-state index contributed by atoms with van der Waals surface area (Å²) >= 11 is 0. The molecule has 2 heterocycles. The van der Waals surface area contributed by atoms with Crippen molar-refractivity contribution in [3.63, 3.8) is 0 Å². The van der Waals surface area contributed by atoms with Gasteiger partial charge in [0.15, 0.2) is 0 Å². The Balaban J connectivity index is 1.25. The monoisotopic (exact) mass is 576 g/mol. The lowest BCUT2D eigenvalue weighted by atomic mass is 9.48. The molecule has 1 saturated carbocycles. The largest absolute Gasteiger partial charge is 0.487 e. The molecule has 2 bridgehead atoms. The second-order valence-electron chi connectivity index (χ2n) is 12.8. The first-order valence-electron chi connectivity index (χ1n) is 15.6. The van der Waals surface area contributed by atoms with Crippen molar-refractivity contribution < 1.29 is 19.1 Å². The Kier molecular flexibility index (Phi) is 6.93. The van der Waals surface area contributed by atoms with Gasteiger partial charge in [-0.1, -0.05) is 72.3 Å². The van der Waals surface area contributed by atoms with Crippen LogP contribution in [0.3, 0.4) is 0 Å². The Hall–Kier alpha value is -3.90. The minimum absolute atomic E-state index is 0.0454. The number of likely N-dealkylation sites (tertiary alicyclic amines) is 1. The Labute approximate surface area is 254 Å². The van der Waals surface area contributed by atoms with E-state index < -0.39 is 11.0 Å². The summed E-state index contributed by atoms with van der Waals surface area (Å²) in [5.74, 6) is 0.596. The lowest BCUT2D eigenvalue weighted by Crippen LogP contribution is -2.79. The average molecular weight is 577 g/mol. The van der Waals surface area contributed by atoms with Crippen LogP contribution in [0.25, 0.3) is 6.08 Å². The van der Waals surface area contributed by atoms with Crippen LogP contribution in [-0.2, 0) is 32.6 Å². The van der Waals surface area contributed by atoms with Crippen molar-refractivity contribution in [3.05, 3.63) is 107 Å². The summed E-state index contributed by atoms with van der Waals surface area (Å²) in [5.41, 5.74) is 4.75. The van der Waals surface area contributed by atoms with Crippen molar-refractivity contribution in [3.8, 4) is 5.75 Å². The molecule has 7 rings (SSSR count). The van der Waals surface area contributed by atoms with E-state index in [1.54, 1.807) is 13.0 Å². The van der Waals surface area contributed by atoms with Crippen LogP contribution in [0.5, 0.6) is 5.75 Å². The second kappa shape index (κ2) is 10.7. The Morgan fingerprint density at radius 1 is 1.07 bits per heavy atom. The van der Waals surface area contributed by atoms with Gasteiger partial charge in [0.25, 0.3) is 0 Å². The molecule has 6 heteroatoms. The van der Waals surface area contributed by atoms with Crippen molar-refractivity contribution in [2.75, 3.05) is 20.1 Å². The molecule has 1 spiro atoms. The van der Waals surface area contributed by atoms with E-state index in [1.165, 1.54) is 16.7 Å². The number of amides is 1. The summed E-state index contributed by atoms with van der Waals surface area (Å²) in [4.78, 5) is 31.0. The third-order valence-corrected chi connectivity index (χ3v) is 10.6. The summed E-state index contributed by atoms with van der Waals surface area (Å²) in [5, 5.41) is 0. The minimum atomic E-state index is -0.712. The van der Waals surface area contributed by atoms with Gasteiger partial charge in [-0.2, -0.15) is 0 Å². The van der Waals surface area contributed by atoms with E-state index in [4.69, 9.17) is 9.47 Å². The fraction of sp³-hybridized carbons (Fsp3) is 0.405. The van der Waals surface area contributed by atoms with Gasteiger partial charge in [0.05, 0.1) is 17.5 Å². The standard InChI is InChI=1S/C37H40N2O4/c1-25-9-7-12-28(23-25)15-16-33(41)38(3)30-17-19-37(43-26(2)40)32-24-29-13-8-14-31-34(29)36(37,35(30)42-31)20-22-39(32)21-18-27-10-5-4-6-11-27/h4-16,23,30,32,35H,17-22,24H2,1-3H3/t30-,32+,35-,36-,37+/m0/s1. The van der Waals surface area contributed by atoms with Gasteiger partial charge in [-0.3, -0.25) is 14.5 Å². The van der Waals surface area contributed by atoms with Crippen molar-refractivity contribution in [2.24, 2.45) is 0 Å². The highest BCUT2D eigenvalue weighted by atomic mass is 16.6. The van der Waals surface area contributed by atoms with Crippen LogP contribution >= 0.6 is 0 Å². The Morgan fingerprint density at radius 3 is 2.67 bits per heavy atom. The molecule has 2 aliphatic heterocycles. The maximum absolute atomic E-state index is 13.6. The first-order chi connectivity index (χ1) is 20.8. The summed E-state index contributed by atoms with van der Waals surface area (Å²) in [7, 11) is 1.89. The number of aryl methyl sites for hydroxylation is 1. The normalized spacial score (nSPS) is 28.7. The summed E-state index contributed by atoms with van der Waals surface area (Å²) in [6, 6.07) is 25.0. The number of rotatable bonds is 7. The van der Waals surface area contributed by atoms with E-state index >= 15 is 0 Å². The maximum atomic E-state index is 13.6. The number of likely N-dealkylation sites (N-methyl/N-ethyl adjacent to an activating group) is 1. The molecule has 4 aliphatic rings. The van der Waals surface area contributed by atoms with Crippen molar-refractivity contribution in [1.82, 2.24) is 9.80 Å². The number of piperidine rings is 1. The van der Waals surface area contributed by atoms with Crippen molar-refractivity contribution in [2.45, 2.75) is 75.2 Å². The van der Waals surface area contributed by atoms with E-state index in [9.17, 15) is 9.59 Å². The molecule has 6 nitrogen and oxygen atoms in total. The number of carbonyl (C=O) groups is 2. The van der Waals surface area contributed by atoms with E-state index in [2.05, 4.69) is 72.5 Å². The first kappa shape index (κ1) is 27.9. The smallest absolute Gasteiger partial charge is 0.303 e. The van der Waals surface area contributed by atoms with Gasteiger partial charge in [0, 0.05) is 32.2 Å². The molecule has 3 aromatic carbocycles. The van der Waals surface area contributed by atoms with Crippen LogP contribution in [0.15, 0.2) is 78.9 Å². The quantitative estimate of drug-likeness (QED) is 0.275. The third-order valence-electron chi connectivity index (χ3n) is 10.6. The van der Waals surface area contributed by atoms with E-state index in [0.717, 1.165) is 49.2 Å². The van der Waals surface area contributed by atoms with E-state index in [0.29, 0.717) is 12.8 Å². The molecule has 3 aromatic rings. The van der Waals surface area contributed by atoms with Crippen LogP contribution < -0.4 is 4.74 Å². The number of hydrogen-bond acceptors (Lipinski definition) is 5. The molecule has 2 fully saturated rings. The fourth-order valence-electron chi connectivity index (χ4n) is 8.81. The molecule has 222 valence electrons. The van der Waals surface area contributed by atoms with Crippen LogP contribution in [0.4, 0.5) is 0 Å². The summed E-state index contributed by atoms with van der Waals surface area (Å²) in [6.45, 7) is 5.39. The molecule has 0 aromatic heterocycles. The van der Waals surface area contributed by atoms with Gasteiger partial charge < -0.3 is 14.4 Å². The Morgan fingerprint density at radius 2 is 1.88 bits per heavy atom. The zero-order valence-corrected chi connectivity index (χ0v) is 25.3. The highest BCUT2D eigenvalue weighted by Crippen LogP contribution is 2.65. The molecule has 0 N–H and O–H groups in total. The number of ether oxygens (including phenoxy) is 2. The van der Waals surface area contributed by atoms with E-state index in [-0.39, 0.29) is 30.1 Å². The molecular formula is C37H40N2O4. The topological polar surface area (TPSA) is 59.1 Å². The van der Waals surface area contributed by atoms with Gasteiger partial charge in [-0.25, -0.2) is 0 Å². The number of carbonyl (C=O) groups excluding carboxylic acids is 2. The molecule has 2 aliphatic carbocycles. The number of esters is 1. The zero-order valence-electron chi connectivity index (χ0n) is 25.3. The summed E-state index contributed by atoms with van der Waals surface area (Å²) in [6.07, 6.45) is 7.24. The SMILES string of the molecule is CC(=O)O[C@@]12CC[C@H](N(C)C(=O)C=Cc3cccc(C)c3)[C@@H]3Oc4cccc5c4[C@@]31CCN(CCc1ccccc1)[C@@H]2C5. The lowest BCUT2D eigenvalue weighted by molar-refractivity contribution is -0.223. The van der Waals surface area contributed by atoms with Crippen molar-refractivity contribution in [1.29, 1.82) is 0 Å². The van der Waals surface area contributed by atoms with Crippen LogP contribution in [0, 0.1) is 6.92 Å². The summed E-state index contributed by atoms with van der Waals surface area (Å²) < 4.78 is 13.5. The zero-order chi connectivity index (χ0) is 29.8. The van der Waals surface area contributed by atoms with Gasteiger partial charge in [-0.05, 0) is 74.4 Å². The van der Waals surface area contributed by atoms with Gasteiger partial charge >= 0.3 is 5.97 Å². The predicted octanol–water partition coefficient (Wildman–Crippen LogP) is 5.50. The third kappa shape index (κ3) is 4.41. The van der Waals surface area contributed by atoms with Crippen molar-refractivity contribution >= 4 is 18.0 Å². The predicted molar refractivity (Wildman–Crippen MR) is 167 cm³/mol. The number of hydrogen-bond donors (Lipinski definition) is 0.